The highest BCUT2D eigenvalue weighted by Gasteiger charge is 2.07. The van der Waals surface area contributed by atoms with E-state index in [2.05, 4.69) is 32.7 Å². The molecule has 0 spiro atoms. The van der Waals surface area contributed by atoms with Gasteiger partial charge in [-0.2, -0.15) is 0 Å². The molecular weight excluding hydrogens is 200 g/mol. The van der Waals surface area contributed by atoms with Crippen LogP contribution in [-0.2, 0) is 6.42 Å². The van der Waals surface area contributed by atoms with Crippen molar-refractivity contribution in [3.63, 3.8) is 0 Å². The molecule has 1 fully saturated rings. The second-order valence-electron chi connectivity index (χ2n) is 4.29. The molecule has 4 heteroatoms. The van der Waals surface area contributed by atoms with Crippen LogP contribution in [0.1, 0.15) is 5.69 Å². The molecule has 1 aromatic rings. The molecule has 0 radical (unpaired) electrons. The minimum Gasteiger partial charge on any atom is -0.365 e. The molecule has 90 valence electrons. The van der Waals surface area contributed by atoms with Gasteiger partial charge in [-0.25, -0.2) is 0 Å². The van der Waals surface area contributed by atoms with E-state index < -0.39 is 0 Å². The number of rotatable bonds is 6. The van der Waals surface area contributed by atoms with E-state index in [-0.39, 0.29) is 0 Å². The molecule has 4 nitrogen and oxygen atoms in total. The van der Waals surface area contributed by atoms with Crippen LogP contribution >= 0.6 is 0 Å². The molecule has 3 N–H and O–H groups in total. The summed E-state index contributed by atoms with van der Waals surface area (Å²) < 4.78 is 0. The zero-order chi connectivity index (χ0) is 11.1. The second-order valence-corrected chi connectivity index (χ2v) is 4.29. The van der Waals surface area contributed by atoms with Gasteiger partial charge in [-0.1, -0.05) is 0 Å². The minimum absolute atomic E-state index is 1.06. The fourth-order valence-corrected chi connectivity index (χ4v) is 2.04. The van der Waals surface area contributed by atoms with Gasteiger partial charge in [-0.05, 0) is 18.6 Å². The fraction of sp³-hybridized carbons (Fsp3) is 0.667. The molecule has 0 unspecified atom stereocenters. The van der Waals surface area contributed by atoms with E-state index in [0.29, 0.717) is 0 Å². The first kappa shape index (κ1) is 11.6. The molecule has 0 aliphatic carbocycles. The highest BCUT2D eigenvalue weighted by Crippen LogP contribution is 1.94. The highest BCUT2D eigenvalue weighted by molar-refractivity contribution is 5.03. The van der Waals surface area contributed by atoms with E-state index in [1.165, 1.54) is 25.3 Å². The average molecular weight is 222 g/mol. The van der Waals surface area contributed by atoms with E-state index >= 15 is 0 Å². The number of aromatic amines is 1. The first-order valence-electron chi connectivity index (χ1n) is 6.21. The van der Waals surface area contributed by atoms with E-state index in [4.69, 9.17) is 0 Å². The normalized spacial score (nSPS) is 17.8. The third-order valence-electron chi connectivity index (χ3n) is 3.05. The number of H-pyrrole nitrogens is 1. The monoisotopic (exact) mass is 222 g/mol. The van der Waals surface area contributed by atoms with Gasteiger partial charge in [-0.15, -0.1) is 0 Å². The van der Waals surface area contributed by atoms with Crippen LogP contribution < -0.4 is 10.6 Å². The Labute approximate surface area is 97.4 Å². The smallest absolute Gasteiger partial charge is 0.0159 e. The molecule has 0 aromatic carbocycles. The first-order valence-corrected chi connectivity index (χ1v) is 6.21. The maximum absolute atomic E-state index is 3.49. The Bertz CT molecular complexity index is 265. The van der Waals surface area contributed by atoms with Crippen molar-refractivity contribution in [3.05, 3.63) is 24.0 Å². The summed E-state index contributed by atoms with van der Waals surface area (Å²) in [6.07, 6.45) is 3.07. The summed E-state index contributed by atoms with van der Waals surface area (Å²) in [6, 6.07) is 4.19. The Morgan fingerprint density at radius 2 is 2.12 bits per heavy atom. The minimum atomic E-state index is 1.06. The van der Waals surface area contributed by atoms with Gasteiger partial charge in [0.1, 0.15) is 0 Å². The molecule has 2 heterocycles. The van der Waals surface area contributed by atoms with Crippen LogP contribution in [0, 0.1) is 0 Å². The van der Waals surface area contributed by atoms with Crippen molar-refractivity contribution in [2.45, 2.75) is 6.42 Å². The second kappa shape index (κ2) is 6.68. The summed E-state index contributed by atoms with van der Waals surface area (Å²) in [5.41, 5.74) is 1.31. The standard InChI is InChI=1S/C12H22N4/c1-2-12(15-4-1)3-5-13-6-9-16-10-7-14-8-11-16/h1-2,4,13-15H,3,5-11H2. The summed E-state index contributed by atoms with van der Waals surface area (Å²) in [4.78, 5) is 5.73. The predicted octanol–water partition coefficient (Wildman–Crippen LogP) is 0.0520. The van der Waals surface area contributed by atoms with Crippen LogP contribution in [-0.4, -0.2) is 55.7 Å². The molecule has 0 saturated carbocycles. The summed E-state index contributed by atoms with van der Waals surface area (Å²) in [6.45, 7) is 8.00. The third-order valence-corrected chi connectivity index (χ3v) is 3.05. The lowest BCUT2D eigenvalue weighted by Gasteiger charge is -2.27. The molecule has 2 rings (SSSR count). The van der Waals surface area contributed by atoms with Crippen LogP contribution in [0.3, 0.4) is 0 Å². The predicted molar refractivity (Wildman–Crippen MR) is 66.7 cm³/mol. The van der Waals surface area contributed by atoms with Crippen LogP contribution in [0.25, 0.3) is 0 Å². The third kappa shape index (κ3) is 3.96. The molecule has 0 bridgehead atoms. The van der Waals surface area contributed by atoms with Crippen molar-refractivity contribution in [2.75, 3.05) is 45.8 Å². The van der Waals surface area contributed by atoms with Gasteiger partial charge in [0.25, 0.3) is 0 Å². The van der Waals surface area contributed by atoms with Crippen LogP contribution in [0.4, 0.5) is 0 Å². The maximum Gasteiger partial charge on any atom is 0.0159 e. The molecule has 1 aromatic heterocycles. The molecule has 1 aliphatic heterocycles. The van der Waals surface area contributed by atoms with Crippen molar-refractivity contribution in [3.8, 4) is 0 Å². The van der Waals surface area contributed by atoms with Gasteiger partial charge >= 0.3 is 0 Å². The lowest BCUT2D eigenvalue weighted by molar-refractivity contribution is 0.241. The van der Waals surface area contributed by atoms with Crippen LogP contribution in [0.2, 0.25) is 0 Å². The Kier molecular flexibility index (Phi) is 4.86. The lowest BCUT2D eigenvalue weighted by atomic mass is 10.3. The number of nitrogens with one attached hydrogen (secondary N) is 3. The fourth-order valence-electron chi connectivity index (χ4n) is 2.04. The van der Waals surface area contributed by atoms with E-state index in [1.807, 2.05) is 6.20 Å². The van der Waals surface area contributed by atoms with E-state index in [1.54, 1.807) is 0 Å². The van der Waals surface area contributed by atoms with Crippen molar-refractivity contribution in [2.24, 2.45) is 0 Å². The summed E-state index contributed by atoms with van der Waals surface area (Å²) in [5.74, 6) is 0. The first-order chi connectivity index (χ1) is 7.95. The van der Waals surface area contributed by atoms with Crippen LogP contribution in [0.5, 0.6) is 0 Å². The molecule has 16 heavy (non-hydrogen) atoms. The van der Waals surface area contributed by atoms with Crippen molar-refractivity contribution in [1.82, 2.24) is 20.5 Å². The van der Waals surface area contributed by atoms with Crippen molar-refractivity contribution in [1.29, 1.82) is 0 Å². The van der Waals surface area contributed by atoms with Crippen molar-refractivity contribution >= 4 is 0 Å². The highest BCUT2D eigenvalue weighted by atomic mass is 15.2. The van der Waals surface area contributed by atoms with Gasteiger partial charge in [0.15, 0.2) is 0 Å². The summed E-state index contributed by atoms with van der Waals surface area (Å²) in [5, 5.41) is 6.86. The maximum atomic E-state index is 3.49. The average Bonchev–Trinajstić information content (AvgIpc) is 2.83. The number of nitrogens with zero attached hydrogens (tertiary/aromatic N) is 1. The summed E-state index contributed by atoms with van der Waals surface area (Å²) >= 11 is 0. The van der Waals surface area contributed by atoms with E-state index in [0.717, 1.165) is 32.6 Å². The van der Waals surface area contributed by atoms with Gasteiger partial charge in [0, 0.05) is 57.7 Å². The number of hydrogen-bond acceptors (Lipinski definition) is 3. The zero-order valence-electron chi connectivity index (χ0n) is 9.84. The van der Waals surface area contributed by atoms with Gasteiger partial charge in [0.2, 0.25) is 0 Å². The molecule has 0 amide bonds. The van der Waals surface area contributed by atoms with Crippen LogP contribution in [0.15, 0.2) is 18.3 Å². The van der Waals surface area contributed by atoms with Crippen molar-refractivity contribution < 1.29 is 0 Å². The molecular formula is C12H22N4. The van der Waals surface area contributed by atoms with E-state index in [9.17, 15) is 0 Å². The number of piperazine rings is 1. The largest absolute Gasteiger partial charge is 0.365 e. The zero-order valence-corrected chi connectivity index (χ0v) is 9.84. The number of hydrogen-bond donors (Lipinski definition) is 3. The molecule has 1 aliphatic rings. The molecule has 1 saturated heterocycles. The Morgan fingerprint density at radius 1 is 1.25 bits per heavy atom. The van der Waals surface area contributed by atoms with Gasteiger partial charge in [0.05, 0.1) is 0 Å². The van der Waals surface area contributed by atoms with Gasteiger partial charge < -0.3 is 15.6 Å². The summed E-state index contributed by atoms with van der Waals surface area (Å²) in [7, 11) is 0. The number of aromatic nitrogens is 1. The Hall–Kier alpha value is -0.840. The van der Waals surface area contributed by atoms with Gasteiger partial charge in [-0.3, -0.25) is 4.90 Å². The Balaban J connectivity index is 1.48. The quantitative estimate of drug-likeness (QED) is 0.596. The lowest BCUT2D eigenvalue weighted by Crippen LogP contribution is -2.45. The molecule has 0 atom stereocenters. The Morgan fingerprint density at radius 3 is 2.88 bits per heavy atom. The topological polar surface area (TPSA) is 43.1 Å². The SMILES string of the molecule is c1c[nH]c(CCNCCN2CCNCC2)c1.